The highest BCUT2D eigenvalue weighted by molar-refractivity contribution is 5.78. The normalized spacial score (nSPS) is 24.4. The summed E-state index contributed by atoms with van der Waals surface area (Å²) in [5.74, 6) is 0.627. The van der Waals surface area contributed by atoms with Gasteiger partial charge >= 0.3 is 0 Å². The molecule has 18 heavy (non-hydrogen) atoms. The van der Waals surface area contributed by atoms with Gasteiger partial charge < -0.3 is 0 Å². The van der Waals surface area contributed by atoms with Crippen molar-refractivity contribution in [3.63, 3.8) is 0 Å². The Bertz CT molecular complexity index is 495. The molecule has 0 heterocycles. The lowest BCUT2D eigenvalue weighted by molar-refractivity contribution is 0.112. The van der Waals surface area contributed by atoms with Crippen LogP contribution in [-0.2, 0) is 10.8 Å². The zero-order valence-corrected chi connectivity index (χ0v) is 12.4. The molecule has 0 fully saturated rings. The Morgan fingerprint density at radius 3 is 2.33 bits per heavy atom. The summed E-state index contributed by atoms with van der Waals surface area (Å²) in [6, 6.07) is 4.35. The summed E-state index contributed by atoms with van der Waals surface area (Å²) >= 11 is 0. The van der Waals surface area contributed by atoms with Gasteiger partial charge in [0, 0.05) is 5.56 Å². The van der Waals surface area contributed by atoms with Gasteiger partial charge in [-0.2, -0.15) is 0 Å². The first-order chi connectivity index (χ1) is 8.20. The molecule has 1 heteroatoms. The van der Waals surface area contributed by atoms with E-state index in [1.54, 1.807) is 0 Å². The fraction of sp³-hybridized carbons (Fsp3) is 0.588. The van der Waals surface area contributed by atoms with Gasteiger partial charge in [-0.25, -0.2) is 0 Å². The van der Waals surface area contributed by atoms with Crippen LogP contribution in [0, 0.1) is 12.8 Å². The molecule has 0 radical (unpaired) electrons. The predicted octanol–water partition coefficient (Wildman–Crippen LogP) is 4.40. The van der Waals surface area contributed by atoms with E-state index in [0.717, 1.165) is 17.4 Å². The largest absolute Gasteiger partial charge is 0.298 e. The van der Waals surface area contributed by atoms with Gasteiger partial charge in [-0.3, -0.25) is 4.79 Å². The number of aryl methyl sites for hydroxylation is 1. The van der Waals surface area contributed by atoms with Gasteiger partial charge in [-0.05, 0) is 52.8 Å². The van der Waals surface area contributed by atoms with Gasteiger partial charge in [0.2, 0.25) is 0 Å². The Morgan fingerprint density at radius 2 is 1.78 bits per heavy atom. The van der Waals surface area contributed by atoms with Crippen LogP contribution in [0.5, 0.6) is 0 Å². The first-order valence-electron chi connectivity index (χ1n) is 6.81. The standard InChI is InChI=1S/C17H24O/c1-11-7-14-15(8-13(11)10-18)17(5,6)12(2)9-16(14,3)4/h7-8,10,12H,9H2,1-6H3. The van der Waals surface area contributed by atoms with E-state index in [9.17, 15) is 4.79 Å². The molecule has 0 aliphatic heterocycles. The number of hydrogen-bond acceptors (Lipinski definition) is 1. The van der Waals surface area contributed by atoms with Crippen LogP contribution in [0.4, 0.5) is 0 Å². The third-order valence-electron chi connectivity index (χ3n) is 5.00. The van der Waals surface area contributed by atoms with Crippen LogP contribution < -0.4 is 0 Å². The summed E-state index contributed by atoms with van der Waals surface area (Å²) in [5, 5.41) is 0. The lowest BCUT2D eigenvalue weighted by Gasteiger charge is -2.46. The molecule has 1 aromatic rings. The summed E-state index contributed by atoms with van der Waals surface area (Å²) in [7, 11) is 0. The molecular formula is C17H24O. The smallest absolute Gasteiger partial charge is 0.150 e. The van der Waals surface area contributed by atoms with Crippen molar-refractivity contribution in [3.05, 3.63) is 34.4 Å². The highest BCUT2D eigenvalue weighted by Gasteiger charge is 2.42. The van der Waals surface area contributed by atoms with Gasteiger partial charge in [-0.1, -0.05) is 40.7 Å². The van der Waals surface area contributed by atoms with Gasteiger partial charge in [0.1, 0.15) is 6.29 Å². The molecule has 1 aromatic carbocycles. The van der Waals surface area contributed by atoms with E-state index >= 15 is 0 Å². The molecule has 1 aliphatic carbocycles. The Hall–Kier alpha value is -1.11. The average Bonchev–Trinajstić information content (AvgIpc) is 2.26. The molecule has 0 bridgehead atoms. The quantitative estimate of drug-likeness (QED) is 0.669. The second kappa shape index (κ2) is 3.94. The summed E-state index contributed by atoms with van der Waals surface area (Å²) in [6.07, 6.45) is 2.19. The Balaban J connectivity index is 2.75. The Morgan fingerprint density at radius 1 is 1.17 bits per heavy atom. The maximum Gasteiger partial charge on any atom is 0.150 e. The van der Waals surface area contributed by atoms with Crippen molar-refractivity contribution in [1.82, 2.24) is 0 Å². The number of aldehydes is 1. The van der Waals surface area contributed by atoms with Gasteiger partial charge in [0.05, 0.1) is 0 Å². The maximum atomic E-state index is 11.2. The molecule has 0 spiro atoms. The molecule has 0 N–H and O–H groups in total. The summed E-state index contributed by atoms with van der Waals surface area (Å²) in [6.45, 7) is 13.6. The summed E-state index contributed by atoms with van der Waals surface area (Å²) in [4.78, 5) is 11.2. The van der Waals surface area contributed by atoms with Crippen LogP contribution in [0.2, 0.25) is 0 Å². The zero-order chi connectivity index (χ0) is 13.7. The lowest BCUT2D eigenvalue weighted by atomic mass is 9.58. The van der Waals surface area contributed by atoms with Crippen molar-refractivity contribution in [3.8, 4) is 0 Å². The van der Waals surface area contributed by atoms with Crippen LogP contribution in [0.1, 0.15) is 68.1 Å². The number of carbonyl (C=O) groups excluding carboxylic acids is 1. The monoisotopic (exact) mass is 244 g/mol. The van der Waals surface area contributed by atoms with E-state index in [-0.39, 0.29) is 10.8 Å². The molecular weight excluding hydrogens is 220 g/mol. The van der Waals surface area contributed by atoms with Crippen molar-refractivity contribution in [1.29, 1.82) is 0 Å². The fourth-order valence-corrected chi connectivity index (χ4v) is 3.34. The fourth-order valence-electron chi connectivity index (χ4n) is 3.34. The number of benzene rings is 1. The molecule has 0 amide bonds. The SMILES string of the molecule is Cc1cc2c(cc1C=O)C(C)(C)C(C)CC2(C)C. The second-order valence-corrected chi connectivity index (χ2v) is 7.08. The first kappa shape index (κ1) is 13.3. The third kappa shape index (κ3) is 1.81. The summed E-state index contributed by atoms with van der Waals surface area (Å²) < 4.78 is 0. The molecule has 0 aromatic heterocycles. The highest BCUT2D eigenvalue weighted by Crippen LogP contribution is 2.49. The topological polar surface area (TPSA) is 17.1 Å². The minimum atomic E-state index is 0.149. The molecule has 2 rings (SSSR count). The molecule has 1 unspecified atom stereocenters. The molecule has 0 saturated carbocycles. The number of hydrogen-bond donors (Lipinski definition) is 0. The maximum absolute atomic E-state index is 11.2. The minimum absolute atomic E-state index is 0.149. The molecule has 1 nitrogen and oxygen atoms in total. The van der Waals surface area contributed by atoms with Crippen LogP contribution >= 0.6 is 0 Å². The predicted molar refractivity (Wildman–Crippen MR) is 76.4 cm³/mol. The van der Waals surface area contributed by atoms with Crippen molar-refractivity contribution in [2.45, 2.75) is 58.8 Å². The van der Waals surface area contributed by atoms with Gasteiger partial charge in [0.25, 0.3) is 0 Å². The molecule has 0 saturated heterocycles. The average molecular weight is 244 g/mol. The third-order valence-corrected chi connectivity index (χ3v) is 5.00. The number of rotatable bonds is 1. The molecule has 1 atom stereocenters. The minimum Gasteiger partial charge on any atom is -0.298 e. The van der Waals surface area contributed by atoms with Crippen molar-refractivity contribution in [2.75, 3.05) is 0 Å². The number of fused-ring (bicyclic) bond motifs is 1. The highest BCUT2D eigenvalue weighted by atomic mass is 16.1. The van der Waals surface area contributed by atoms with Gasteiger partial charge in [0.15, 0.2) is 0 Å². The van der Waals surface area contributed by atoms with Crippen molar-refractivity contribution in [2.24, 2.45) is 5.92 Å². The Labute approximate surface area is 111 Å². The van der Waals surface area contributed by atoms with Crippen LogP contribution in [0.15, 0.2) is 12.1 Å². The van der Waals surface area contributed by atoms with Crippen molar-refractivity contribution >= 4 is 6.29 Å². The van der Waals surface area contributed by atoms with Crippen molar-refractivity contribution < 1.29 is 4.79 Å². The van der Waals surface area contributed by atoms with E-state index in [1.165, 1.54) is 17.5 Å². The lowest BCUT2D eigenvalue weighted by Crippen LogP contribution is -2.40. The number of carbonyl (C=O) groups is 1. The van der Waals surface area contributed by atoms with E-state index < -0.39 is 0 Å². The zero-order valence-electron chi connectivity index (χ0n) is 12.4. The van der Waals surface area contributed by atoms with E-state index in [4.69, 9.17) is 0 Å². The second-order valence-electron chi connectivity index (χ2n) is 7.08. The first-order valence-corrected chi connectivity index (χ1v) is 6.81. The van der Waals surface area contributed by atoms with Gasteiger partial charge in [-0.15, -0.1) is 0 Å². The molecule has 98 valence electrons. The van der Waals surface area contributed by atoms with E-state index in [0.29, 0.717) is 5.92 Å². The van der Waals surface area contributed by atoms with Crippen LogP contribution in [0.25, 0.3) is 0 Å². The van der Waals surface area contributed by atoms with E-state index in [1.807, 2.05) is 6.92 Å². The van der Waals surface area contributed by atoms with Crippen LogP contribution in [0.3, 0.4) is 0 Å². The summed E-state index contributed by atoms with van der Waals surface area (Å²) in [5.41, 5.74) is 5.08. The molecule has 1 aliphatic rings. The van der Waals surface area contributed by atoms with E-state index in [2.05, 4.69) is 46.8 Å². The van der Waals surface area contributed by atoms with Crippen LogP contribution in [-0.4, -0.2) is 6.29 Å². The Kier molecular flexibility index (Phi) is 2.92.